The second kappa shape index (κ2) is 7.90. The minimum atomic E-state index is -3.53. The molecule has 6 nitrogen and oxygen atoms in total. The molecule has 1 aliphatic rings. The van der Waals surface area contributed by atoms with Gasteiger partial charge >= 0.3 is 0 Å². The lowest BCUT2D eigenvalue weighted by atomic mass is 9.93. The second-order valence-electron chi connectivity index (χ2n) is 5.86. The van der Waals surface area contributed by atoms with E-state index in [9.17, 15) is 13.2 Å². The first-order valence-corrected chi connectivity index (χ1v) is 9.43. The van der Waals surface area contributed by atoms with Crippen LogP contribution < -0.4 is 10.0 Å². The molecular formula is C16H25N3O3S. The molecule has 128 valence electrons. The number of benzene rings is 1. The van der Waals surface area contributed by atoms with Gasteiger partial charge in [0.1, 0.15) is 0 Å². The first-order valence-electron chi connectivity index (χ1n) is 7.95. The maximum Gasteiger partial charge on any atom is 0.253 e. The first kappa shape index (κ1) is 17.9. The highest BCUT2D eigenvalue weighted by molar-refractivity contribution is 7.89. The molecule has 7 heteroatoms. The number of amides is 1. The van der Waals surface area contributed by atoms with Crippen LogP contribution in [0.15, 0.2) is 29.2 Å². The Morgan fingerprint density at radius 3 is 2.57 bits per heavy atom. The summed E-state index contributed by atoms with van der Waals surface area (Å²) in [6.45, 7) is 2.47. The van der Waals surface area contributed by atoms with E-state index in [1.54, 1.807) is 12.1 Å². The molecule has 2 N–H and O–H groups in total. The van der Waals surface area contributed by atoms with E-state index in [2.05, 4.69) is 10.0 Å². The standard InChI is InChI=1S/C16H25N3O3S/c1-17-9-6-13-7-10-19(11-8-13)16(20)14-4-3-5-15(12-14)23(21,22)18-2/h3-5,12-13,17-18H,6-11H2,1-2H3. The quantitative estimate of drug-likeness (QED) is 0.812. The molecule has 0 atom stereocenters. The summed E-state index contributed by atoms with van der Waals surface area (Å²) < 4.78 is 26.0. The summed E-state index contributed by atoms with van der Waals surface area (Å²) in [5, 5.41) is 3.16. The number of rotatable bonds is 6. The van der Waals surface area contributed by atoms with Crippen molar-refractivity contribution in [3.05, 3.63) is 29.8 Å². The molecule has 0 radical (unpaired) electrons. The molecule has 1 aliphatic heterocycles. The summed E-state index contributed by atoms with van der Waals surface area (Å²) >= 11 is 0. The van der Waals surface area contributed by atoms with Crippen LogP contribution in [-0.2, 0) is 10.0 Å². The molecule has 0 unspecified atom stereocenters. The Balaban J connectivity index is 2.03. The van der Waals surface area contributed by atoms with Crippen molar-refractivity contribution in [1.29, 1.82) is 0 Å². The van der Waals surface area contributed by atoms with Crippen LogP contribution in [0, 0.1) is 5.92 Å². The van der Waals surface area contributed by atoms with Gasteiger partial charge in [-0.05, 0) is 64.0 Å². The number of hydrogen-bond acceptors (Lipinski definition) is 4. The van der Waals surface area contributed by atoms with Crippen LogP contribution in [0.4, 0.5) is 0 Å². The van der Waals surface area contributed by atoms with Crippen LogP contribution in [0.1, 0.15) is 29.6 Å². The van der Waals surface area contributed by atoms with E-state index >= 15 is 0 Å². The maximum absolute atomic E-state index is 12.6. The number of nitrogens with one attached hydrogen (secondary N) is 2. The van der Waals surface area contributed by atoms with Gasteiger partial charge in [0.15, 0.2) is 0 Å². The van der Waals surface area contributed by atoms with Gasteiger partial charge in [-0.25, -0.2) is 13.1 Å². The number of likely N-dealkylation sites (tertiary alicyclic amines) is 1. The zero-order valence-electron chi connectivity index (χ0n) is 13.7. The van der Waals surface area contributed by atoms with Crippen molar-refractivity contribution >= 4 is 15.9 Å². The van der Waals surface area contributed by atoms with Gasteiger partial charge in [0.2, 0.25) is 10.0 Å². The van der Waals surface area contributed by atoms with Crippen molar-refractivity contribution in [3.63, 3.8) is 0 Å². The molecule has 1 fully saturated rings. The molecule has 1 heterocycles. The SMILES string of the molecule is CNCCC1CCN(C(=O)c2cccc(S(=O)(=O)NC)c2)CC1. The third-order valence-electron chi connectivity index (χ3n) is 4.36. The van der Waals surface area contributed by atoms with Gasteiger partial charge in [0.25, 0.3) is 5.91 Å². The van der Waals surface area contributed by atoms with E-state index < -0.39 is 10.0 Å². The average molecular weight is 339 g/mol. The normalized spacial score (nSPS) is 16.5. The number of nitrogens with zero attached hydrogens (tertiary/aromatic N) is 1. The van der Waals surface area contributed by atoms with E-state index in [1.807, 2.05) is 11.9 Å². The fourth-order valence-corrected chi connectivity index (χ4v) is 3.65. The smallest absolute Gasteiger partial charge is 0.253 e. The van der Waals surface area contributed by atoms with Crippen LogP contribution in [0.2, 0.25) is 0 Å². The highest BCUT2D eigenvalue weighted by Crippen LogP contribution is 2.22. The Morgan fingerprint density at radius 2 is 1.96 bits per heavy atom. The zero-order chi connectivity index (χ0) is 16.9. The molecule has 1 saturated heterocycles. The minimum absolute atomic E-state index is 0.0924. The predicted octanol–water partition coefficient (Wildman–Crippen LogP) is 1.06. The summed E-state index contributed by atoms with van der Waals surface area (Å²) in [5.41, 5.74) is 0.426. The molecule has 0 saturated carbocycles. The summed E-state index contributed by atoms with van der Waals surface area (Å²) in [5.74, 6) is 0.563. The van der Waals surface area contributed by atoms with Crippen molar-refractivity contribution in [2.75, 3.05) is 33.7 Å². The van der Waals surface area contributed by atoms with E-state index in [4.69, 9.17) is 0 Å². The third kappa shape index (κ3) is 4.53. The molecule has 1 aromatic carbocycles. The number of piperidine rings is 1. The zero-order valence-corrected chi connectivity index (χ0v) is 14.5. The van der Waals surface area contributed by atoms with Crippen molar-refractivity contribution in [1.82, 2.24) is 14.9 Å². The van der Waals surface area contributed by atoms with Crippen LogP contribution in [0.25, 0.3) is 0 Å². The Morgan fingerprint density at radius 1 is 1.26 bits per heavy atom. The van der Waals surface area contributed by atoms with Crippen LogP contribution in [0.5, 0.6) is 0 Å². The number of carbonyl (C=O) groups is 1. The summed E-state index contributed by atoms with van der Waals surface area (Å²) in [6.07, 6.45) is 3.14. The largest absolute Gasteiger partial charge is 0.339 e. The van der Waals surface area contributed by atoms with Crippen LogP contribution >= 0.6 is 0 Å². The molecule has 2 rings (SSSR count). The van der Waals surface area contributed by atoms with Crippen molar-refractivity contribution in [3.8, 4) is 0 Å². The molecular weight excluding hydrogens is 314 g/mol. The lowest BCUT2D eigenvalue weighted by Crippen LogP contribution is -2.39. The minimum Gasteiger partial charge on any atom is -0.339 e. The van der Waals surface area contributed by atoms with E-state index in [1.165, 1.54) is 19.2 Å². The molecule has 1 amide bonds. The Hall–Kier alpha value is -1.44. The number of hydrogen-bond donors (Lipinski definition) is 2. The fourth-order valence-electron chi connectivity index (χ4n) is 2.87. The monoisotopic (exact) mass is 339 g/mol. The molecule has 0 aliphatic carbocycles. The summed E-state index contributed by atoms with van der Waals surface area (Å²) in [4.78, 5) is 14.5. The molecule has 1 aromatic rings. The van der Waals surface area contributed by atoms with Crippen molar-refractivity contribution in [2.45, 2.75) is 24.2 Å². The maximum atomic E-state index is 12.6. The number of sulfonamides is 1. The first-order chi connectivity index (χ1) is 11.0. The average Bonchev–Trinajstić information content (AvgIpc) is 2.60. The van der Waals surface area contributed by atoms with E-state index in [-0.39, 0.29) is 10.8 Å². The second-order valence-corrected chi connectivity index (χ2v) is 7.75. The highest BCUT2D eigenvalue weighted by atomic mass is 32.2. The Kier molecular flexibility index (Phi) is 6.15. The molecule has 0 bridgehead atoms. The van der Waals surface area contributed by atoms with Gasteiger partial charge in [-0.15, -0.1) is 0 Å². The van der Waals surface area contributed by atoms with E-state index in [0.29, 0.717) is 11.5 Å². The summed E-state index contributed by atoms with van der Waals surface area (Å²) in [7, 11) is -0.222. The van der Waals surface area contributed by atoms with Gasteiger partial charge in [-0.1, -0.05) is 6.07 Å². The fraction of sp³-hybridized carbons (Fsp3) is 0.562. The third-order valence-corrected chi connectivity index (χ3v) is 5.78. The van der Waals surface area contributed by atoms with Gasteiger partial charge in [0, 0.05) is 18.7 Å². The van der Waals surface area contributed by atoms with Gasteiger partial charge in [-0.3, -0.25) is 4.79 Å². The Labute approximate surface area is 138 Å². The summed E-state index contributed by atoms with van der Waals surface area (Å²) in [6, 6.07) is 6.22. The number of carbonyl (C=O) groups excluding carboxylic acids is 1. The Bertz CT molecular complexity index is 638. The van der Waals surface area contributed by atoms with Gasteiger partial charge < -0.3 is 10.2 Å². The van der Waals surface area contributed by atoms with Gasteiger partial charge in [-0.2, -0.15) is 0 Å². The van der Waals surface area contributed by atoms with Crippen molar-refractivity contribution < 1.29 is 13.2 Å². The van der Waals surface area contributed by atoms with Gasteiger partial charge in [0.05, 0.1) is 4.90 Å². The highest BCUT2D eigenvalue weighted by Gasteiger charge is 2.24. The van der Waals surface area contributed by atoms with E-state index in [0.717, 1.165) is 38.9 Å². The topological polar surface area (TPSA) is 78.5 Å². The molecule has 0 aromatic heterocycles. The predicted molar refractivity (Wildman–Crippen MR) is 89.9 cm³/mol. The lowest BCUT2D eigenvalue weighted by molar-refractivity contribution is 0.0687. The lowest BCUT2D eigenvalue weighted by Gasteiger charge is -2.32. The molecule has 23 heavy (non-hydrogen) atoms. The van der Waals surface area contributed by atoms with Crippen LogP contribution in [0.3, 0.4) is 0 Å². The van der Waals surface area contributed by atoms with Crippen LogP contribution in [-0.4, -0.2) is 53.0 Å². The van der Waals surface area contributed by atoms with Crippen molar-refractivity contribution in [2.24, 2.45) is 5.92 Å². The molecule has 0 spiro atoms.